The van der Waals surface area contributed by atoms with E-state index in [1.54, 1.807) is 0 Å². The average molecular weight is 190 g/mol. The molecule has 0 saturated heterocycles. The summed E-state index contributed by atoms with van der Waals surface area (Å²) in [7, 11) is 4.13. The monoisotopic (exact) mass is 190 g/mol. The summed E-state index contributed by atoms with van der Waals surface area (Å²) in [6.45, 7) is 5.19. The smallest absolute Gasteiger partial charge is 0.0698 e. The van der Waals surface area contributed by atoms with E-state index in [9.17, 15) is 0 Å². The fourth-order valence-electron chi connectivity index (χ4n) is 0.804. The fourth-order valence-corrected chi connectivity index (χ4v) is 0.804. The molecule has 0 spiro atoms. The highest BCUT2D eigenvalue weighted by Gasteiger charge is 2.01. The van der Waals surface area contributed by atoms with E-state index < -0.39 is 0 Å². The van der Waals surface area contributed by atoms with Crippen LogP contribution in [0.1, 0.15) is 6.92 Å². The van der Waals surface area contributed by atoms with Gasteiger partial charge < -0.3 is 20.1 Å². The first-order chi connectivity index (χ1) is 6.18. The summed E-state index contributed by atoms with van der Waals surface area (Å²) in [5, 5.41) is 11.7. The second kappa shape index (κ2) is 8.44. The van der Waals surface area contributed by atoms with E-state index in [0.717, 1.165) is 13.1 Å². The van der Waals surface area contributed by atoms with Crippen LogP contribution in [0.4, 0.5) is 0 Å². The van der Waals surface area contributed by atoms with Gasteiger partial charge in [0.1, 0.15) is 0 Å². The molecule has 4 nitrogen and oxygen atoms in total. The summed E-state index contributed by atoms with van der Waals surface area (Å²) in [4.78, 5) is 2.17. The lowest BCUT2D eigenvalue weighted by Gasteiger charge is -2.19. The van der Waals surface area contributed by atoms with E-state index in [-0.39, 0.29) is 6.61 Å². The van der Waals surface area contributed by atoms with Gasteiger partial charge in [-0.15, -0.1) is 0 Å². The summed E-state index contributed by atoms with van der Waals surface area (Å²) in [5.74, 6) is 0. The predicted octanol–water partition coefficient (Wildman–Crippen LogP) is -0.465. The molecule has 0 aliphatic carbocycles. The van der Waals surface area contributed by atoms with Crippen molar-refractivity contribution in [3.8, 4) is 0 Å². The number of likely N-dealkylation sites (N-methyl/N-ethyl adjacent to an activating group) is 1. The van der Waals surface area contributed by atoms with Crippen molar-refractivity contribution in [3.05, 3.63) is 0 Å². The van der Waals surface area contributed by atoms with E-state index in [1.807, 2.05) is 0 Å². The highest BCUT2D eigenvalue weighted by atomic mass is 16.5. The molecule has 0 aromatic carbocycles. The van der Waals surface area contributed by atoms with Crippen LogP contribution in [-0.4, -0.2) is 63.1 Å². The van der Waals surface area contributed by atoms with Crippen molar-refractivity contribution in [3.63, 3.8) is 0 Å². The van der Waals surface area contributed by atoms with E-state index in [4.69, 9.17) is 9.84 Å². The molecule has 0 radical (unpaired) electrons. The molecular weight excluding hydrogens is 168 g/mol. The Hall–Kier alpha value is -0.160. The van der Waals surface area contributed by atoms with Crippen molar-refractivity contribution in [1.82, 2.24) is 10.2 Å². The molecule has 0 amide bonds. The van der Waals surface area contributed by atoms with Crippen molar-refractivity contribution in [2.45, 2.75) is 13.0 Å². The number of hydrogen-bond donors (Lipinski definition) is 2. The van der Waals surface area contributed by atoms with Crippen LogP contribution in [0.5, 0.6) is 0 Å². The molecule has 1 atom stereocenters. The molecule has 0 aliphatic heterocycles. The molecule has 0 saturated carbocycles. The molecule has 4 heteroatoms. The third-order valence-corrected chi connectivity index (χ3v) is 1.98. The highest BCUT2D eigenvalue weighted by Crippen LogP contribution is 1.87. The van der Waals surface area contributed by atoms with Crippen molar-refractivity contribution >= 4 is 0 Å². The lowest BCUT2D eigenvalue weighted by atomic mass is 10.3. The molecule has 0 bridgehead atoms. The van der Waals surface area contributed by atoms with Gasteiger partial charge in [-0.25, -0.2) is 0 Å². The maximum Gasteiger partial charge on any atom is 0.0698 e. The summed E-state index contributed by atoms with van der Waals surface area (Å²) < 4.78 is 5.10. The Bertz CT molecular complexity index is 110. The Morgan fingerprint density at radius 3 is 2.62 bits per heavy atom. The molecule has 0 aromatic heterocycles. The molecule has 0 fully saturated rings. The van der Waals surface area contributed by atoms with Gasteiger partial charge in [0, 0.05) is 19.1 Å². The standard InChI is InChI=1S/C9H22N2O2/c1-9(11(2)3)8-10-4-6-13-7-5-12/h9-10,12H,4-8H2,1-3H3. The molecule has 0 heterocycles. The Morgan fingerprint density at radius 2 is 2.08 bits per heavy atom. The van der Waals surface area contributed by atoms with Gasteiger partial charge >= 0.3 is 0 Å². The molecule has 2 N–H and O–H groups in total. The van der Waals surface area contributed by atoms with Gasteiger partial charge in [-0.05, 0) is 21.0 Å². The van der Waals surface area contributed by atoms with Crippen LogP contribution in [0.25, 0.3) is 0 Å². The second-order valence-electron chi connectivity index (χ2n) is 3.35. The molecule has 1 unspecified atom stereocenters. The first kappa shape index (κ1) is 12.8. The number of ether oxygens (including phenoxy) is 1. The molecule has 13 heavy (non-hydrogen) atoms. The summed E-state index contributed by atoms with van der Waals surface area (Å²) >= 11 is 0. The number of nitrogens with one attached hydrogen (secondary N) is 1. The Morgan fingerprint density at radius 1 is 1.38 bits per heavy atom. The fraction of sp³-hybridized carbons (Fsp3) is 1.00. The zero-order valence-electron chi connectivity index (χ0n) is 8.92. The maximum atomic E-state index is 8.43. The summed E-state index contributed by atoms with van der Waals surface area (Å²) in [5.41, 5.74) is 0. The summed E-state index contributed by atoms with van der Waals surface area (Å²) in [6, 6.07) is 0.540. The van der Waals surface area contributed by atoms with Gasteiger partial charge in [0.25, 0.3) is 0 Å². The normalized spacial score (nSPS) is 13.6. The quantitative estimate of drug-likeness (QED) is 0.508. The van der Waals surface area contributed by atoms with Crippen molar-refractivity contribution < 1.29 is 9.84 Å². The minimum Gasteiger partial charge on any atom is -0.394 e. The van der Waals surface area contributed by atoms with E-state index >= 15 is 0 Å². The van der Waals surface area contributed by atoms with Crippen molar-refractivity contribution in [1.29, 1.82) is 0 Å². The van der Waals surface area contributed by atoms with Gasteiger partial charge in [0.2, 0.25) is 0 Å². The van der Waals surface area contributed by atoms with Crippen LogP contribution in [0.15, 0.2) is 0 Å². The maximum absolute atomic E-state index is 8.43. The van der Waals surface area contributed by atoms with Gasteiger partial charge in [-0.1, -0.05) is 0 Å². The van der Waals surface area contributed by atoms with E-state index in [0.29, 0.717) is 19.3 Å². The van der Waals surface area contributed by atoms with Crippen LogP contribution < -0.4 is 5.32 Å². The summed E-state index contributed by atoms with van der Waals surface area (Å²) in [6.07, 6.45) is 0. The average Bonchev–Trinajstić information content (AvgIpc) is 2.10. The Kier molecular flexibility index (Phi) is 8.33. The first-order valence-electron chi connectivity index (χ1n) is 4.74. The molecule has 0 rings (SSSR count). The van der Waals surface area contributed by atoms with Crippen LogP contribution in [0.3, 0.4) is 0 Å². The first-order valence-corrected chi connectivity index (χ1v) is 4.74. The van der Waals surface area contributed by atoms with Crippen LogP contribution >= 0.6 is 0 Å². The number of rotatable bonds is 8. The predicted molar refractivity (Wildman–Crippen MR) is 53.9 cm³/mol. The molecule has 0 aliphatic rings. The Labute approximate surface area is 80.9 Å². The van der Waals surface area contributed by atoms with Crippen molar-refractivity contribution in [2.75, 3.05) is 47.0 Å². The van der Waals surface area contributed by atoms with Gasteiger partial charge in [-0.2, -0.15) is 0 Å². The number of nitrogens with zero attached hydrogens (tertiary/aromatic N) is 1. The largest absolute Gasteiger partial charge is 0.394 e. The highest BCUT2D eigenvalue weighted by molar-refractivity contribution is 4.62. The minimum atomic E-state index is 0.105. The third-order valence-electron chi connectivity index (χ3n) is 1.98. The minimum absolute atomic E-state index is 0.105. The topological polar surface area (TPSA) is 44.7 Å². The zero-order valence-corrected chi connectivity index (χ0v) is 8.92. The lowest BCUT2D eigenvalue weighted by Crippen LogP contribution is -2.36. The van der Waals surface area contributed by atoms with E-state index in [1.165, 1.54) is 0 Å². The van der Waals surface area contributed by atoms with Crippen LogP contribution in [0, 0.1) is 0 Å². The zero-order chi connectivity index (χ0) is 10.1. The lowest BCUT2D eigenvalue weighted by molar-refractivity contribution is 0.0932. The second-order valence-corrected chi connectivity index (χ2v) is 3.35. The van der Waals surface area contributed by atoms with Crippen LogP contribution in [0.2, 0.25) is 0 Å². The molecule has 0 aromatic rings. The van der Waals surface area contributed by atoms with Crippen molar-refractivity contribution in [2.24, 2.45) is 0 Å². The number of aliphatic hydroxyl groups is 1. The third kappa shape index (κ3) is 8.18. The van der Waals surface area contributed by atoms with Gasteiger partial charge in [-0.3, -0.25) is 0 Å². The SMILES string of the molecule is CC(CNCCOCCO)N(C)C. The van der Waals surface area contributed by atoms with Gasteiger partial charge in [0.15, 0.2) is 0 Å². The van der Waals surface area contributed by atoms with Crippen LogP contribution in [-0.2, 0) is 4.74 Å². The molecular formula is C9H22N2O2. The molecule has 80 valence electrons. The number of hydrogen-bond acceptors (Lipinski definition) is 4. The van der Waals surface area contributed by atoms with E-state index in [2.05, 4.69) is 31.2 Å². The van der Waals surface area contributed by atoms with Gasteiger partial charge in [0.05, 0.1) is 19.8 Å². The Balaban J connectivity index is 3.07. The number of aliphatic hydroxyl groups excluding tert-OH is 1.